The van der Waals surface area contributed by atoms with Crippen molar-refractivity contribution in [2.75, 3.05) is 7.11 Å². The van der Waals surface area contributed by atoms with E-state index < -0.39 is 8.32 Å². The summed E-state index contributed by atoms with van der Waals surface area (Å²) in [4.78, 5) is 4.78. The third-order valence-corrected chi connectivity index (χ3v) is 11.7. The van der Waals surface area contributed by atoms with E-state index in [1.165, 1.54) is 5.57 Å². The van der Waals surface area contributed by atoms with Crippen molar-refractivity contribution < 1.29 is 9.16 Å². The minimum atomic E-state index is -2.01. The lowest BCUT2D eigenvalue weighted by molar-refractivity contribution is 0.0697. The van der Waals surface area contributed by atoms with Crippen molar-refractivity contribution in [3.8, 4) is 5.75 Å². The van der Waals surface area contributed by atoms with Crippen LogP contribution in [0.3, 0.4) is 0 Å². The van der Waals surface area contributed by atoms with Crippen LogP contribution in [0.4, 0.5) is 0 Å². The maximum absolute atomic E-state index is 7.00. The summed E-state index contributed by atoms with van der Waals surface area (Å²) in [5.41, 5.74) is 3.12. The molecule has 1 aliphatic rings. The molecular weight excluding hydrogens is 406 g/mol. The number of hydrogen-bond donors (Lipinski definition) is 0. The van der Waals surface area contributed by atoms with Gasteiger partial charge in [-0.2, -0.15) is 0 Å². The summed E-state index contributed by atoms with van der Waals surface area (Å²) < 4.78 is 13.8. The van der Waals surface area contributed by atoms with Gasteiger partial charge in [-0.15, -0.1) is 0 Å². The highest BCUT2D eigenvalue weighted by Crippen LogP contribution is 2.55. The van der Waals surface area contributed by atoms with Crippen LogP contribution >= 0.6 is 15.9 Å². The van der Waals surface area contributed by atoms with E-state index in [0.29, 0.717) is 0 Å². The second-order valence-electron chi connectivity index (χ2n) is 9.28. The Hall–Kier alpha value is -0.653. The standard InChI is InChI=1S/C21H34BrNO2Si/c1-14-11-10-12-21(14,6)19(25-26(8,9)20(3,4)5)17-18(24-7)15(2)16(22)13-23-17/h13,19H,1,10-12H2,2-9H3. The van der Waals surface area contributed by atoms with Gasteiger partial charge in [-0.25, -0.2) is 0 Å². The monoisotopic (exact) mass is 439 g/mol. The van der Waals surface area contributed by atoms with Crippen molar-refractivity contribution in [1.82, 2.24) is 4.98 Å². The van der Waals surface area contributed by atoms with Gasteiger partial charge in [0, 0.05) is 21.6 Å². The number of methoxy groups -OCH3 is 1. The van der Waals surface area contributed by atoms with E-state index in [2.05, 4.69) is 70.2 Å². The Labute approximate surface area is 168 Å². The van der Waals surface area contributed by atoms with E-state index in [0.717, 1.165) is 40.7 Å². The van der Waals surface area contributed by atoms with Crippen LogP contribution in [-0.2, 0) is 4.43 Å². The van der Waals surface area contributed by atoms with Gasteiger partial charge in [0.25, 0.3) is 0 Å². The van der Waals surface area contributed by atoms with Gasteiger partial charge < -0.3 is 9.16 Å². The topological polar surface area (TPSA) is 31.4 Å². The molecule has 1 aromatic heterocycles. The van der Waals surface area contributed by atoms with E-state index in [1.807, 2.05) is 6.20 Å². The first kappa shape index (κ1) is 21.6. The van der Waals surface area contributed by atoms with E-state index in [-0.39, 0.29) is 16.6 Å². The summed E-state index contributed by atoms with van der Waals surface area (Å²) in [7, 11) is -0.293. The van der Waals surface area contributed by atoms with Crippen molar-refractivity contribution >= 4 is 24.2 Å². The molecule has 0 bridgehead atoms. The molecule has 0 N–H and O–H groups in total. The highest BCUT2D eigenvalue weighted by molar-refractivity contribution is 9.10. The van der Waals surface area contributed by atoms with Crippen molar-refractivity contribution in [2.45, 2.75) is 78.1 Å². The van der Waals surface area contributed by atoms with Gasteiger partial charge in [0.05, 0.1) is 7.11 Å². The largest absolute Gasteiger partial charge is 0.494 e. The molecule has 2 rings (SSSR count). The van der Waals surface area contributed by atoms with Crippen LogP contribution < -0.4 is 4.74 Å². The number of hydrogen-bond acceptors (Lipinski definition) is 3. The summed E-state index contributed by atoms with van der Waals surface area (Å²) in [5.74, 6) is 0.823. The molecular formula is C21H34BrNO2Si. The van der Waals surface area contributed by atoms with Crippen LogP contribution in [0.5, 0.6) is 5.75 Å². The molecule has 146 valence electrons. The average Bonchev–Trinajstić information content (AvgIpc) is 2.87. The SMILES string of the molecule is C=C1CCCC1(C)C(O[Si](C)(C)C(C)(C)C)c1ncc(Br)c(C)c1OC. The molecule has 1 heterocycles. The van der Waals surface area contributed by atoms with E-state index in [9.17, 15) is 0 Å². The molecule has 0 saturated heterocycles. The van der Waals surface area contributed by atoms with E-state index in [4.69, 9.17) is 14.1 Å². The Morgan fingerprint density at radius 2 is 1.96 bits per heavy atom. The summed E-state index contributed by atoms with van der Waals surface area (Å²) in [6.45, 7) is 20.2. The first-order valence-electron chi connectivity index (χ1n) is 9.40. The molecule has 0 radical (unpaired) electrons. The minimum absolute atomic E-state index is 0.115. The van der Waals surface area contributed by atoms with Crippen molar-refractivity contribution in [3.05, 3.63) is 34.1 Å². The van der Waals surface area contributed by atoms with E-state index in [1.54, 1.807) is 7.11 Å². The van der Waals surface area contributed by atoms with Crippen LogP contribution in [0.1, 0.15) is 64.3 Å². The van der Waals surface area contributed by atoms with Gasteiger partial charge in [0.1, 0.15) is 17.5 Å². The molecule has 1 aromatic rings. The van der Waals surface area contributed by atoms with Gasteiger partial charge in [-0.3, -0.25) is 4.98 Å². The van der Waals surface area contributed by atoms with Crippen LogP contribution in [0.25, 0.3) is 0 Å². The number of pyridine rings is 1. The van der Waals surface area contributed by atoms with Crippen molar-refractivity contribution in [3.63, 3.8) is 0 Å². The van der Waals surface area contributed by atoms with Crippen molar-refractivity contribution in [2.24, 2.45) is 5.41 Å². The Morgan fingerprint density at radius 1 is 1.35 bits per heavy atom. The molecule has 1 saturated carbocycles. The minimum Gasteiger partial charge on any atom is -0.494 e. The molecule has 0 amide bonds. The lowest BCUT2D eigenvalue weighted by atomic mass is 9.78. The van der Waals surface area contributed by atoms with Gasteiger partial charge >= 0.3 is 0 Å². The fraction of sp³-hybridized carbons (Fsp3) is 0.667. The molecule has 3 nitrogen and oxygen atoms in total. The maximum atomic E-state index is 7.00. The van der Waals surface area contributed by atoms with Crippen LogP contribution in [0.15, 0.2) is 22.8 Å². The summed E-state index contributed by atoms with van der Waals surface area (Å²) in [6.07, 6.45) is 5.03. The summed E-state index contributed by atoms with van der Waals surface area (Å²) >= 11 is 3.58. The molecule has 0 aromatic carbocycles. The first-order valence-corrected chi connectivity index (χ1v) is 13.1. The van der Waals surface area contributed by atoms with Gasteiger partial charge in [-0.1, -0.05) is 39.8 Å². The molecule has 0 spiro atoms. The number of nitrogens with zero attached hydrogens (tertiary/aromatic N) is 1. The van der Waals surface area contributed by atoms with Gasteiger partial charge in [0.2, 0.25) is 0 Å². The van der Waals surface area contributed by atoms with Crippen LogP contribution in [0, 0.1) is 12.3 Å². The molecule has 1 fully saturated rings. The van der Waals surface area contributed by atoms with Gasteiger partial charge in [0.15, 0.2) is 8.32 Å². The zero-order chi connectivity index (χ0) is 19.9. The maximum Gasteiger partial charge on any atom is 0.193 e. The molecule has 26 heavy (non-hydrogen) atoms. The summed E-state index contributed by atoms with van der Waals surface area (Å²) in [6, 6.07) is 0. The Bertz CT molecular complexity index is 696. The summed E-state index contributed by atoms with van der Waals surface area (Å²) in [5, 5.41) is 0.124. The molecule has 2 unspecified atom stereocenters. The Kier molecular flexibility index (Phi) is 6.16. The predicted octanol–water partition coefficient (Wildman–Crippen LogP) is 6.97. The number of ether oxygens (including phenoxy) is 1. The lowest BCUT2D eigenvalue weighted by Crippen LogP contribution is -2.45. The normalized spacial score (nSPS) is 22.6. The van der Waals surface area contributed by atoms with Gasteiger partial charge in [-0.05, 0) is 60.2 Å². The highest BCUT2D eigenvalue weighted by atomic mass is 79.9. The Balaban J connectivity index is 2.63. The van der Waals surface area contributed by atoms with E-state index >= 15 is 0 Å². The zero-order valence-electron chi connectivity index (χ0n) is 17.6. The number of halogens is 1. The second kappa shape index (κ2) is 7.40. The molecule has 5 heteroatoms. The quantitative estimate of drug-likeness (QED) is 0.366. The third-order valence-electron chi connectivity index (χ3n) is 6.48. The fourth-order valence-electron chi connectivity index (χ4n) is 3.43. The predicted molar refractivity (Wildman–Crippen MR) is 115 cm³/mol. The zero-order valence-corrected chi connectivity index (χ0v) is 20.2. The second-order valence-corrected chi connectivity index (χ2v) is 14.9. The molecule has 0 aliphatic heterocycles. The first-order chi connectivity index (χ1) is 11.8. The van der Waals surface area contributed by atoms with Crippen LogP contribution in [-0.4, -0.2) is 20.4 Å². The number of rotatable bonds is 5. The average molecular weight is 440 g/mol. The highest BCUT2D eigenvalue weighted by Gasteiger charge is 2.49. The Morgan fingerprint density at radius 3 is 2.42 bits per heavy atom. The van der Waals surface area contributed by atoms with Crippen molar-refractivity contribution in [1.29, 1.82) is 0 Å². The fourth-order valence-corrected chi connectivity index (χ4v) is 5.03. The number of aromatic nitrogens is 1. The molecule has 2 atom stereocenters. The van der Waals surface area contributed by atoms with Crippen LogP contribution in [0.2, 0.25) is 18.1 Å². The smallest absolute Gasteiger partial charge is 0.193 e. The lowest BCUT2D eigenvalue weighted by Gasteiger charge is -2.45. The molecule has 1 aliphatic carbocycles. The third kappa shape index (κ3) is 3.81.